The standard InChI is InChI=1S/C10H11F3.CH3Cl/c1-7(2)8-5-3-4-6-9(8)10(11,12)13;1-2/h3-7H,1-2H3;1H3. The lowest BCUT2D eigenvalue weighted by Crippen LogP contribution is -2.09. The van der Waals surface area contributed by atoms with E-state index in [-0.39, 0.29) is 5.92 Å². The highest BCUT2D eigenvalue weighted by atomic mass is 35.5. The highest BCUT2D eigenvalue weighted by molar-refractivity contribution is 6.15. The molecule has 86 valence electrons. The summed E-state index contributed by atoms with van der Waals surface area (Å²) in [6.45, 7) is 3.51. The second-order valence-corrected chi connectivity index (χ2v) is 3.24. The van der Waals surface area contributed by atoms with Gasteiger partial charge in [-0.1, -0.05) is 32.0 Å². The molecule has 0 bridgehead atoms. The molecule has 0 radical (unpaired) electrons. The van der Waals surface area contributed by atoms with Gasteiger partial charge in [0.25, 0.3) is 0 Å². The number of hydrogen-bond acceptors (Lipinski definition) is 0. The average molecular weight is 239 g/mol. The highest BCUT2D eigenvalue weighted by Gasteiger charge is 2.33. The Morgan fingerprint density at radius 3 is 1.87 bits per heavy atom. The first-order chi connectivity index (χ1) is 6.93. The molecule has 4 heteroatoms. The molecule has 0 atom stereocenters. The number of hydrogen-bond donors (Lipinski definition) is 0. The molecule has 0 aliphatic rings. The van der Waals surface area contributed by atoms with Crippen molar-refractivity contribution >= 4 is 11.6 Å². The number of benzene rings is 1. The molecular formula is C11H14ClF3. The Morgan fingerprint density at radius 2 is 1.53 bits per heavy atom. The van der Waals surface area contributed by atoms with Gasteiger partial charge in [-0.3, -0.25) is 0 Å². The van der Waals surface area contributed by atoms with Gasteiger partial charge in [-0.2, -0.15) is 13.2 Å². The van der Waals surface area contributed by atoms with Gasteiger partial charge in [0, 0.05) is 6.38 Å². The minimum Gasteiger partial charge on any atom is -0.166 e. The van der Waals surface area contributed by atoms with Crippen molar-refractivity contribution in [1.82, 2.24) is 0 Å². The van der Waals surface area contributed by atoms with E-state index in [4.69, 9.17) is 0 Å². The third-order valence-corrected chi connectivity index (χ3v) is 1.89. The van der Waals surface area contributed by atoms with Crippen LogP contribution < -0.4 is 0 Å². The molecule has 0 nitrogen and oxygen atoms in total. The average Bonchev–Trinajstić information content (AvgIpc) is 2.19. The zero-order chi connectivity index (χ0) is 12.1. The molecule has 0 saturated heterocycles. The zero-order valence-corrected chi connectivity index (χ0v) is 9.65. The first kappa shape index (κ1) is 14.3. The van der Waals surface area contributed by atoms with E-state index in [0.29, 0.717) is 5.56 Å². The van der Waals surface area contributed by atoms with Crippen LogP contribution in [0.15, 0.2) is 24.3 Å². The third kappa shape index (κ3) is 4.12. The molecule has 0 fully saturated rings. The van der Waals surface area contributed by atoms with Crippen LogP contribution in [-0.2, 0) is 6.18 Å². The zero-order valence-electron chi connectivity index (χ0n) is 8.90. The first-order valence-electron chi connectivity index (χ1n) is 4.47. The fourth-order valence-corrected chi connectivity index (χ4v) is 1.26. The van der Waals surface area contributed by atoms with Crippen LogP contribution in [0.4, 0.5) is 13.2 Å². The fraction of sp³-hybridized carbons (Fsp3) is 0.455. The second kappa shape index (κ2) is 6.01. The largest absolute Gasteiger partial charge is 0.416 e. The molecule has 0 aliphatic carbocycles. The molecule has 1 rings (SSSR count). The maximum atomic E-state index is 12.4. The van der Waals surface area contributed by atoms with Crippen molar-refractivity contribution in [3.05, 3.63) is 35.4 Å². The second-order valence-electron chi connectivity index (χ2n) is 3.24. The minimum atomic E-state index is -4.24. The maximum absolute atomic E-state index is 12.4. The van der Waals surface area contributed by atoms with E-state index in [2.05, 4.69) is 11.6 Å². The SMILES string of the molecule is CC(C)c1ccccc1C(F)(F)F.CCl. The third-order valence-electron chi connectivity index (χ3n) is 1.89. The molecule has 1 aromatic carbocycles. The lowest BCUT2D eigenvalue weighted by Gasteiger charge is -2.14. The predicted octanol–water partition coefficient (Wildman–Crippen LogP) is 4.68. The van der Waals surface area contributed by atoms with Gasteiger partial charge in [-0.05, 0) is 17.5 Å². The molecule has 0 N–H and O–H groups in total. The van der Waals surface area contributed by atoms with E-state index in [1.165, 1.54) is 18.5 Å². The van der Waals surface area contributed by atoms with Crippen molar-refractivity contribution in [3.8, 4) is 0 Å². The van der Waals surface area contributed by atoms with E-state index < -0.39 is 11.7 Å². The van der Waals surface area contributed by atoms with Gasteiger partial charge < -0.3 is 0 Å². The summed E-state index contributed by atoms with van der Waals surface area (Å²) in [5.41, 5.74) is -0.167. The summed E-state index contributed by atoms with van der Waals surface area (Å²) in [5.74, 6) is -0.0992. The normalized spacial score (nSPS) is 10.9. The maximum Gasteiger partial charge on any atom is 0.416 e. The Balaban J connectivity index is 0.000000921. The molecule has 0 spiro atoms. The molecule has 1 aromatic rings. The van der Waals surface area contributed by atoms with Crippen LogP contribution in [0.3, 0.4) is 0 Å². The molecule has 0 heterocycles. The van der Waals surface area contributed by atoms with Crippen molar-refractivity contribution in [2.24, 2.45) is 0 Å². The summed E-state index contributed by atoms with van der Waals surface area (Å²) in [4.78, 5) is 0. The molecule has 0 aliphatic heterocycles. The lowest BCUT2D eigenvalue weighted by molar-refractivity contribution is -0.138. The molecule has 0 saturated carbocycles. The van der Waals surface area contributed by atoms with Crippen LogP contribution in [0.25, 0.3) is 0 Å². The van der Waals surface area contributed by atoms with E-state index >= 15 is 0 Å². The Hall–Kier alpha value is -0.700. The van der Waals surface area contributed by atoms with Crippen LogP contribution in [0.1, 0.15) is 30.9 Å². The summed E-state index contributed by atoms with van der Waals surface area (Å²) < 4.78 is 37.2. The van der Waals surface area contributed by atoms with Crippen molar-refractivity contribution in [1.29, 1.82) is 0 Å². The fourth-order valence-electron chi connectivity index (χ4n) is 1.26. The summed E-state index contributed by atoms with van der Waals surface area (Å²) in [7, 11) is 0. The Morgan fingerprint density at radius 1 is 1.07 bits per heavy atom. The Labute approximate surface area is 93.1 Å². The van der Waals surface area contributed by atoms with Gasteiger partial charge in [0.1, 0.15) is 0 Å². The monoisotopic (exact) mass is 238 g/mol. The van der Waals surface area contributed by atoms with Crippen molar-refractivity contribution in [3.63, 3.8) is 0 Å². The molecule has 0 unspecified atom stereocenters. The molecule has 0 amide bonds. The van der Waals surface area contributed by atoms with Gasteiger partial charge in [0.2, 0.25) is 0 Å². The molecule has 15 heavy (non-hydrogen) atoms. The molecule has 0 aromatic heterocycles. The highest BCUT2D eigenvalue weighted by Crippen LogP contribution is 2.34. The van der Waals surface area contributed by atoms with E-state index in [1.807, 2.05) is 0 Å². The van der Waals surface area contributed by atoms with Gasteiger partial charge in [-0.25, -0.2) is 0 Å². The predicted molar refractivity (Wildman–Crippen MR) is 57.3 cm³/mol. The van der Waals surface area contributed by atoms with E-state index in [9.17, 15) is 13.2 Å². The van der Waals surface area contributed by atoms with Gasteiger partial charge in [-0.15, -0.1) is 11.6 Å². The van der Waals surface area contributed by atoms with Crippen molar-refractivity contribution in [2.75, 3.05) is 6.38 Å². The minimum absolute atomic E-state index is 0.0992. The van der Waals surface area contributed by atoms with Crippen molar-refractivity contribution in [2.45, 2.75) is 25.9 Å². The van der Waals surface area contributed by atoms with Crippen LogP contribution in [0, 0.1) is 0 Å². The van der Waals surface area contributed by atoms with Crippen LogP contribution in [0.5, 0.6) is 0 Å². The number of rotatable bonds is 1. The Bertz CT molecular complexity index is 292. The number of halogens is 4. The van der Waals surface area contributed by atoms with Crippen LogP contribution in [-0.4, -0.2) is 6.38 Å². The van der Waals surface area contributed by atoms with E-state index in [0.717, 1.165) is 6.07 Å². The first-order valence-corrected chi connectivity index (χ1v) is 5.22. The van der Waals surface area contributed by atoms with Crippen LogP contribution >= 0.6 is 11.6 Å². The summed E-state index contributed by atoms with van der Waals surface area (Å²) in [5, 5.41) is 0. The Kier molecular flexibility index (Phi) is 5.73. The smallest absolute Gasteiger partial charge is 0.166 e. The van der Waals surface area contributed by atoms with Crippen molar-refractivity contribution < 1.29 is 13.2 Å². The van der Waals surface area contributed by atoms with Gasteiger partial charge in [0.05, 0.1) is 5.56 Å². The van der Waals surface area contributed by atoms with Crippen LogP contribution in [0.2, 0.25) is 0 Å². The topological polar surface area (TPSA) is 0 Å². The molecular weight excluding hydrogens is 225 g/mol. The quantitative estimate of drug-likeness (QED) is 0.623. The lowest BCUT2D eigenvalue weighted by atomic mass is 9.97. The summed E-state index contributed by atoms with van der Waals surface area (Å²) in [6, 6.07) is 5.68. The summed E-state index contributed by atoms with van der Waals surface area (Å²) >= 11 is 4.64. The summed E-state index contributed by atoms with van der Waals surface area (Å²) in [6.07, 6.45) is -2.76. The number of alkyl halides is 4. The van der Waals surface area contributed by atoms with Gasteiger partial charge >= 0.3 is 6.18 Å². The van der Waals surface area contributed by atoms with Gasteiger partial charge in [0.15, 0.2) is 0 Å². The van der Waals surface area contributed by atoms with E-state index in [1.54, 1.807) is 19.9 Å².